The van der Waals surface area contributed by atoms with Gasteiger partial charge in [0, 0.05) is 35.9 Å². The van der Waals surface area contributed by atoms with Gasteiger partial charge in [-0.2, -0.15) is 0 Å². The van der Waals surface area contributed by atoms with E-state index in [0.29, 0.717) is 18.7 Å². The third-order valence-corrected chi connectivity index (χ3v) is 4.97. The molecule has 5 nitrogen and oxygen atoms in total. The van der Waals surface area contributed by atoms with Crippen molar-refractivity contribution in [3.63, 3.8) is 0 Å². The van der Waals surface area contributed by atoms with Gasteiger partial charge in [0.15, 0.2) is 0 Å². The number of rotatable bonds is 6. The predicted molar refractivity (Wildman–Crippen MR) is 81.0 cm³/mol. The van der Waals surface area contributed by atoms with Crippen LogP contribution in [0.4, 0.5) is 5.69 Å². The first-order chi connectivity index (χ1) is 9.52. The summed E-state index contributed by atoms with van der Waals surface area (Å²) in [6.45, 7) is 2.31. The molecular formula is C14H19N3O2S. The van der Waals surface area contributed by atoms with Gasteiger partial charge in [-0.25, -0.2) is 13.4 Å². The fourth-order valence-corrected chi connectivity index (χ4v) is 2.84. The highest BCUT2D eigenvalue weighted by Crippen LogP contribution is 2.19. The van der Waals surface area contributed by atoms with E-state index < -0.39 is 9.84 Å². The molecule has 108 valence electrons. The number of anilines is 1. The first kappa shape index (κ1) is 14.6. The Labute approximate surface area is 119 Å². The van der Waals surface area contributed by atoms with Gasteiger partial charge in [0.05, 0.1) is 5.75 Å². The van der Waals surface area contributed by atoms with E-state index in [0.717, 1.165) is 11.4 Å². The van der Waals surface area contributed by atoms with Gasteiger partial charge in [-0.3, -0.25) is 0 Å². The molecule has 0 aliphatic rings. The molecule has 0 amide bonds. The molecule has 0 aliphatic heterocycles. The van der Waals surface area contributed by atoms with Gasteiger partial charge in [0.2, 0.25) is 0 Å². The molecule has 0 spiro atoms. The molecule has 0 aliphatic carbocycles. The second-order valence-electron chi connectivity index (χ2n) is 4.66. The number of hydrogen-bond acceptors (Lipinski definition) is 4. The molecule has 0 saturated heterocycles. The molecular weight excluding hydrogens is 274 g/mol. The quantitative estimate of drug-likeness (QED) is 0.826. The molecule has 2 aromatic rings. The van der Waals surface area contributed by atoms with E-state index in [4.69, 9.17) is 5.73 Å². The lowest BCUT2D eigenvalue weighted by Crippen LogP contribution is -2.11. The van der Waals surface area contributed by atoms with Crippen LogP contribution in [0.15, 0.2) is 36.7 Å². The number of aromatic nitrogens is 2. The normalized spacial score (nSPS) is 11.7. The number of nitrogens with zero attached hydrogens (tertiary/aromatic N) is 2. The van der Waals surface area contributed by atoms with Crippen molar-refractivity contribution in [1.29, 1.82) is 0 Å². The Morgan fingerprint density at radius 2 is 1.95 bits per heavy atom. The summed E-state index contributed by atoms with van der Waals surface area (Å²) in [5.74, 6) is 1.24. The van der Waals surface area contributed by atoms with Crippen molar-refractivity contribution in [3.05, 3.63) is 36.7 Å². The summed E-state index contributed by atoms with van der Waals surface area (Å²) >= 11 is 0. The van der Waals surface area contributed by atoms with Crippen LogP contribution in [-0.4, -0.2) is 29.5 Å². The van der Waals surface area contributed by atoms with Gasteiger partial charge in [0.25, 0.3) is 0 Å². The first-order valence-corrected chi connectivity index (χ1v) is 8.41. The highest BCUT2D eigenvalue weighted by atomic mass is 32.2. The van der Waals surface area contributed by atoms with Crippen LogP contribution in [0.2, 0.25) is 0 Å². The molecule has 2 rings (SSSR count). The third-order valence-electron chi connectivity index (χ3n) is 3.18. The zero-order valence-electron chi connectivity index (χ0n) is 11.5. The molecule has 0 radical (unpaired) electrons. The summed E-state index contributed by atoms with van der Waals surface area (Å²) < 4.78 is 24.9. The Morgan fingerprint density at radius 3 is 2.60 bits per heavy atom. The van der Waals surface area contributed by atoms with Gasteiger partial charge < -0.3 is 10.3 Å². The van der Waals surface area contributed by atoms with Crippen molar-refractivity contribution < 1.29 is 8.42 Å². The minimum atomic E-state index is -2.91. The van der Waals surface area contributed by atoms with Gasteiger partial charge in [-0.05, 0) is 30.7 Å². The monoisotopic (exact) mass is 293 g/mol. The van der Waals surface area contributed by atoms with Crippen LogP contribution < -0.4 is 5.73 Å². The van der Waals surface area contributed by atoms with Crippen LogP contribution in [0.25, 0.3) is 11.4 Å². The summed E-state index contributed by atoms with van der Waals surface area (Å²) in [7, 11) is -2.91. The van der Waals surface area contributed by atoms with Crippen LogP contribution in [-0.2, 0) is 16.4 Å². The van der Waals surface area contributed by atoms with Crippen LogP contribution in [0.1, 0.15) is 13.3 Å². The second-order valence-corrected chi connectivity index (χ2v) is 7.13. The molecule has 0 bridgehead atoms. The highest BCUT2D eigenvalue weighted by molar-refractivity contribution is 7.91. The number of aryl methyl sites for hydroxylation is 1. The van der Waals surface area contributed by atoms with E-state index in [2.05, 4.69) is 4.98 Å². The number of benzene rings is 1. The highest BCUT2D eigenvalue weighted by Gasteiger charge is 2.09. The summed E-state index contributed by atoms with van der Waals surface area (Å²) in [4.78, 5) is 4.32. The maximum absolute atomic E-state index is 11.5. The summed E-state index contributed by atoms with van der Waals surface area (Å²) in [6, 6.07) is 7.49. The molecule has 6 heteroatoms. The summed E-state index contributed by atoms with van der Waals surface area (Å²) in [5.41, 5.74) is 7.35. The number of imidazole rings is 1. The Morgan fingerprint density at radius 1 is 1.25 bits per heavy atom. The Kier molecular flexibility index (Phi) is 4.44. The van der Waals surface area contributed by atoms with E-state index in [9.17, 15) is 8.42 Å². The molecule has 0 saturated carbocycles. The number of sulfone groups is 1. The molecule has 0 fully saturated rings. The maximum atomic E-state index is 11.5. The average molecular weight is 293 g/mol. The molecule has 20 heavy (non-hydrogen) atoms. The zero-order valence-corrected chi connectivity index (χ0v) is 12.3. The molecule has 2 N–H and O–H groups in total. The van der Waals surface area contributed by atoms with Crippen LogP contribution in [0.3, 0.4) is 0 Å². The predicted octanol–water partition coefficient (Wildman–Crippen LogP) is 1.96. The van der Waals surface area contributed by atoms with E-state index in [1.165, 1.54) is 0 Å². The lowest BCUT2D eigenvalue weighted by Gasteiger charge is -2.08. The third kappa shape index (κ3) is 3.60. The molecule has 0 unspecified atom stereocenters. The molecule has 1 aromatic carbocycles. The van der Waals surface area contributed by atoms with Gasteiger partial charge in [0.1, 0.15) is 15.7 Å². The van der Waals surface area contributed by atoms with Crippen LogP contribution in [0, 0.1) is 0 Å². The fourth-order valence-electron chi connectivity index (χ4n) is 1.98. The molecule has 1 heterocycles. The van der Waals surface area contributed by atoms with E-state index >= 15 is 0 Å². The van der Waals surface area contributed by atoms with Crippen molar-refractivity contribution in [1.82, 2.24) is 9.55 Å². The van der Waals surface area contributed by atoms with Crippen LogP contribution in [0.5, 0.6) is 0 Å². The summed E-state index contributed by atoms with van der Waals surface area (Å²) in [5, 5.41) is 0. The lowest BCUT2D eigenvalue weighted by molar-refractivity contribution is 0.588. The Hall–Kier alpha value is -1.82. The zero-order chi connectivity index (χ0) is 14.6. The standard InChI is InChI=1S/C14H19N3O2S/c1-2-20(18,19)11-3-9-17-10-8-16-14(17)12-4-6-13(15)7-5-12/h4-8,10H,2-3,9,11,15H2,1H3. The second kappa shape index (κ2) is 6.09. The maximum Gasteiger partial charge on any atom is 0.150 e. The Balaban J connectivity index is 2.08. The number of hydrogen-bond donors (Lipinski definition) is 1. The van der Waals surface area contributed by atoms with Crippen molar-refractivity contribution in [2.75, 3.05) is 17.2 Å². The van der Waals surface area contributed by atoms with Crippen molar-refractivity contribution in [3.8, 4) is 11.4 Å². The lowest BCUT2D eigenvalue weighted by atomic mass is 10.2. The largest absolute Gasteiger partial charge is 0.399 e. The fraction of sp³-hybridized carbons (Fsp3) is 0.357. The van der Waals surface area contributed by atoms with E-state index in [-0.39, 0.29) is 11.5 Å². The van der Waals surface area contributed by atoms with Crippen LogP contribution >= 0.6 is 0 Å². The van der Waals surface area contributed by atoms with Crippen molar-refractivity contribution in [2.24, 2.45) is 0 Å². The molecule has 0 atom stereocenters. The van der Waals surface area contributed by atoms with Crippen molar-refractivity contribution in [2.45, 2.75) is 19.9 Å². The number of nitrogens with two attached hydrogens (primary N) is 1. The summed E-state index contributed by atoms with van der Waals surface area (Å²) in [6.07, 6.45) is 4.18. The SMILES string of the molecule is CCS(=O)(=O)CCCn1ccnc1-c1ccc(N)cc1. The van der Waals surface area contributed by atoms with Gasteiger partial charge in [-0.15, -0.1) is 0 Å². The molecule has 1 aromatic heterocycles. The van der Waals surface area contributed by atoms with Gasteiger partial charge in [-0.1, -0.05) is 6.92 Å². The number of nitrogen functional groups attached to an aromatic ring is 1. The average Bonchev–Trinajstić information content (AvgIpc) is 2.88. The first-order valence-electron chi connectivity index (χ1n) is 6.59. The minimum absolute atomic E-state index is 0.196. The minimum Gasteiger partial charge on any atom is -0.399 e. The van der Waals surface area contributed by atoms with E-state index in [1.807, 2.05) is 35.0 Å². The van der Waals surface area contributed by atoms with E-state index in [1.54, 1.807) is 13.1 Å². The Bertz CT molecular complexity index is 660. The topological polar surface area (TPSA) is 78.0 Å². The van der Waals surface area contributed by atoms with Gasteiger partial charge >= 0.3 is 0 Å². The van der Waals surface area contributed by atoms with Crippen molar-refractivity contribution >= 4 is 15.5 Å². The smallest absolute Gasteiger partial charge is 0.150 e.